The molecule has 0 spiro atoms. The number of nitrogens with one attached hydrogen (secondary N) is 1. The molecule has 0 unspecified atom stereocenters. The molecule has 120 valence electrons. The van der Waals surface area contributed by atoms with E-state index in [4.69, 9.17) is 21.6 Å². The summed E-state index contributed by atoms with van der Waals surface area (Å²) < 4.78 is 4.85. The smallest absolute Gasteiger partial charge is 0.331 e. The van der Waals surface area contributed by atoms with Crippen LogP contribution in [0.1, 0.15) is 11.1 Å². The maximum atomic E-state index is 11.7. The van der Waals surface area contributed by atoms with Gasteiger partial charge in [-0.15, -0.1) is 0 Å². The largest absolute Gasteiger partial charge is 0.452 e. The van der Waals surface area contributed by atoms with E-state index in [2.05, 4.69) is 5.32 Å². The number of carbonyl (C=O) groups excluding carboxylic acids is 2. The fraction of sp³-hybridized carbons (Fsp3) is 0.0556. The van der Waals surface area contributed by atoms with Gasteiger partial charge in [-0.25, -0.2) is 4.79 Å². The number of amides is 1. The maximum absolute atomic E-state index is 11.7. The molecule has 0 radical (unpaired) electrons. The van der Waals surface area contributed by atoms with E-state index < -0.39 is 18.5 Å². The molecule has 0 saturated carbocycles. The highest BCUT2D eigenvalue weighted by atomic mass is 35.5. The minimum absolute atomic E-state index is 0.401. The molecule has 2 aromatic carbocycles. The molecule has 0 fully saturated rings. The molecule has 0 aromatic heterocycles. The van der Waals surface area contributed by atoms with E-state index in [-0.39, 0.29) is 0 Å². The van der Waals surface area contributed by atoms with Crippen LogP contribution in [0.2, 0.25) is 5.02 Å². The molecular weight excluding hydrogens is 328 g/mol. The first-order valence-corrected chi connectivity index (χ1v) is 7.35. The molecule has 0 bridgehead atoms. The highest BCUT2D eigenvalue weighted by Gasteiger charge is 2.07. The highest BCUT2D eigenvalue weighted by molar-refractivity contribution is 6.33. The number of nitriles is 1. The first-order valence-electron chi connectivity index (χ1n) is 6.98. The van der Waals surface area contributed by atoms with Crippen molar-refractivity contribution in [1.29, 1.82) is 5.26 Å². The van der Waals surface area contributed by atoms with Gasteiger partial charge in [0.15, 0.2) is 6.61 Å². The van der Waals surface area contributed by atoms with Crippen molar-refractivity contribution in [3.8, 4) is 6.07 Å². The lowest BCUT2D eigenvalue weighted by molar-refractivity contribution is -0.142. The molecule has 0 aliphatic carbocycles. The van der Waals surface area contributed by atoms with Gasteiger partial charge in [-0.3, -0.25) is 4.79 Å². The van der Waals surface area contributed by atoms with Crippen LogP contribution in [0.25, 0.3) is 6.08 Å². The molecule has 0 heterocycles. The number of hydrogen-bond acceptors (Lipinski definition) is 4. The van der Waals surface area contributed by atoms with Gasteiger partial charge in [-0.05, 0) is 35.9 Å². The van der Waals surface area contributed by atoms with E-state index in [1.807, 2.05) is 6.07 Å². The third kappa shape index (κ3) is 5.27. The number of halogens is 1. The minimum atomic E-state index is -0.645. The lowest BCUT2D eigenvalue weighted by Crippen LogP contribution is -2.20. The Labute approximate surface area is 144 Å². The topological polar surface area (TPSA) is 79.2 Å². The van der Waals surface area contributed by atoms with Crippen LogP contribution in [0.4, 0.5) is 5.69 Å². The molecule has 0 saturated heterocycles. The average molecular weight is 341 g/mol. The molecular formula is C18H13ClN2O3. The van der Waals surface area contributed by atoms with Crippen molar-refractivity contribution in [1.82, 2.24) is 0 Å². The molecule has 2 aromatic rings. The number of rotatable bonds is 5. The van der Waals surface area contributed by atoms with Crippen LogP contribution in [-0.2, 0) is 14.3 Å². The van der Waals surface area contributed by atoms with Crippen LogP contribution < -0.4 is 5.32 Å². The Kier molecular flexibility index (Phi) is 6.12. The fourth-order valence-electron chi connectivity index (χ4n) is 1.77. The summed E-state index contributed by atoms with van der Waals surface area (Å²) in [5.74, 6) is -1.13. The summed E-state index contributed by atoms with van der Waals surface area (Å²) in [7, 11) is 0. The third-order valence-electron chi connectivity index (χ3n) is 2.95. The Bertz CT molecular complexity index is 808. The molecule has 1 amide bonds. The van der Waals surface area contributed by atoms with Crippen LogP contribution in [0.3, 0.4) is 0 Å². The van der Waals surface area contributed by atoms with Crippen molar-refractivity contribution in [3.05, 3.63) is 70.8 Å². The van der Waals surface area contributed by atoms with Crippen molar-refractivity contribution in [2.24, 2.45) is 0 Å². The Morgan fingerprint density at radius 2 is 1.88 bits per heavy atom. The molecule has 5 nitrogen and oxygen atoms in total. The number of benzene rings is 2. The van der Waals surface area contributed by atoms with Gasteiger partial charge in [0.25, 0.3) is 5.91 Å². The third-order valence-corrected chi connectivity index (χ3v) is 3.27. The van der Waals surface area contributed by atoms with Gasteiger partial charge < -0.3 is 10.1 Å². The second-order valence-electron chi connectivity index (χ2n) is 4.70. The number of anilines is 1. The maximum Gasteiger partial charge on any atom is 0.331 e. The van der Waals surface area contributed by atoms with E-state index in [9.17, 15) is 9.59 Å². The van der Waals surface area contributed by atoms with E-state index in [0.29, 0.717) is 16.3 Å². The zero-order chi connectivity index (χ0) is 17.4. The second-order valence-corrected chi connectivity index (χ2v) is 5.11. The van der Waals surface area contributed by atoms with E-state index in [1.54, 1.807) is 48.5 Å². The Balaban J connectivity index is 1.82. The predicted octanol–water partition coefficient (Wildman–Crippen LogP) is 3.41. The van der Waals surface area contributed by atoms with Crippen molar-refractivity contribution in [2.75, 3.05) is 11.9 Å². The van der Waals surface area contributed by atoms with Crippen LogP contribution >= 0.6 is 11.6 Å². The molecule has 24 heavy (non-hydrogen) atoms. The van der Waals surface area contributed by atoms with Crippen molar-refractivity contribution >= 4 is 35.2 Å². The molecule has 0 atom stereocenters. The zero-order valence-electron chi connectivity index (χ0n) is 12.5. The number of hydrogen-bond donors (Lipinski definition) is 1. The van der Waals surface area contributed by atoms with Crippen molar-refractivity contribution in [3.63, 3.8) is 0 Å². The number of carbonyl (C=O) groups is 2. The predicted molar refractivity (Wildman–Crippen MR) is 91.2 cm³/mol. The Hall–Kier alpha value is -3.10. The standard InChI is InChI=1S/C18H13ClN2O3/c19-15-3-1-2-4-16(15)21-17(22)12-24-18(23)10-9-13-5-7-14(11-20)8-6-13/h1-10H,12H2,(H,21,22)/b10-9+. The fourth-order valence-corrected chi connectivity index (χ4v) is 1.95. The summed E-state index contributed by atoms with van der Waals surface area (Å²) in [5, 5.41) is 11.7. The van der Waals surface area contributed by atoms with Crippen LogP contribution in [0.15, 0.2) is 54.6 Å². The summed E-state index contributed by atoms with van der Waals surface area (Å²) in [6.07, 6.45) is 2.75. The first kappa shape index (κ1) is 17.3. The lowest BCUT2D eigenvalue weighted by atomic mass is 10.1. The number of esters is 1. The first-order chi connectivity index (χ1) is 11.6. The summed E-state index contributed by atoms with van der Waals surface area (Å²) >= 11 is 5.92. The summed E-state index contributed by atoms with van der Waals surface area (Å²) in [6.45, 7) is -0.415. The monoisotopic (exact) mass is 340 g/mol. The molecule has 2 rings (SSSR count). The van der Waals surface area contributed by atoms with Gasteiger partial charge in [0, 0.05) is 6.08 Å². The average Bonchev–Trinajstić information content (AvgIpc) is 2.60. The van der Waals surface area contributed by atoms with Gasteiger partial charge in [-0.2, -0.15) is 5.26 Å². The summed E-state index contributed by atoms with van der Waals surface area (Å²) in [6, 6.07) is 15.4. The second kappa shape index (κ2) is 8.51. The van der Waals surface area contributed by atoms with Crippen molar-refractivity contribution in [2.45, 2.75) is 0 Å². The lowest BCUT2D eigenvalue weighted by Gasteiger charge is -2.06. The number of para-hydroxylation sites is 1. The van der Waals surface area contributed by atoms with Gasteiger partial charge in [0.2, 0.25) is 0 Å². The van der Waals surface area contributed by atoms with E-state index in [0.717, 1.165) is 5.56 Å². The highest BCUT2D eigenvalue weighted by Crippen LogP contribution is 2.20. The van der Waals surface area contributed by atoms with Gasteiger partial charge in [0.1, 0.15) is 0 Å². The van der Waals surface area contributed by atoms with Crippen LogP contribution in [-0.4, -0.2) is 18.5 Å². The van der Waals surface area contributed by atoms with E-state index >= 15 is 0 Å². The molecule has 0 aliphatic rings. The Morgan fingerprint density at radius 3 is 2.54 bits per heavy atom. The molecule has 0 aliphatic heterocycles. The van der Waals surface area contributed by atoms with Crippen molar-refractivity contribution < 1.29 is 14.3 Å². The Morgan fingerprint density at radius 1 is 1.17 bits per heavy atom. The normalized spacial score (nSPS) is 10.2. The zero-order valence-corrected chi connectivity index (χ0v) is 13.3. The van der Waals surface area contributed by atoms with Gasteiger partial charge in [-0.1, -0.05) is 35.9 Å². The quantitative estimate of drug-likeness (QED) is 0.668. The number of ether oxygens (including phenoxy) is 1. The summed E-state index contributed by atoms with van der Waals surface area (Å²) in [5.41, 5.74) is 1.73. The minimum Gasteiger partial charge on any atom is -0.452 e. The number of nitrogens with zero attached hydrogens (tertiary/aromatic N) is 1. The molecule has 6 heteroatoms. The summed E-state index contributed by atoms with van der Waals surface area (Å²) in [4.78, 5) is 23.3. The SMILES string of the molecule is N#Cc1ccc(/C=C/C(=O)OCC(=O)Nc2ccccc2Cl)cc1. The van der Waals surface area contributed by atoms with Crippen LogP contribution in [0, 0.1) is 11.3 Å². The molecule has 1 N–H and O–H groups in total. The van der Waals surface area contributed by atoms with Gasteiger partial charge in [0.05, 0.1) is 22.3 Å². The van der Waals surface area contributed by atoms with Crippen LogP contribution in [0.5, 0.6) is 0 Å². The van der Waals surface area contributed by atoms with Gasteiger partial charge >= 0.3 is 5.97 Å². The van der Waals surface area contributed by atoms with E-state index in [1.165, 1.54) is 12.2 Å².